The molecule has 20 nitrogen and oxygen atoms in total. The van der Waals surface area contributed by atoms with E-state index in [-0.39, 0.29) is 30.4 Å². The summed E-state index contributed by atoms with van der Waals surface area (Å²) in [7, 11) is 0. The van der Waals surface area contributed by atoms with Gasteiger partial charge in [-0.25, -0.2) is 4.79 Å². The third-order valence-electron chi connectivity index (χ3n) is 10.5. The maximum absolute atomic E-state index is 13.7. The van der Waals surface area contributed by atoms with E-state index < -0.39 is 132 Å². The lowest BCUT2D eigenvalue weighted by Gasteiger charge is -2.28. The molecule has 0 saturated heterocycles. The molecule has 0 radical (unpaired) electrons. The molecule has 0 rings (SSSR count). The van der Waals surface area contributed by atoms with Gasteiger partial charge in [0.25, 0.3) is 0 Å². The van der Waals surface area contributed by atoms with Crippen LogP contribution in [0.4, 0.5) is 0 Å². The number of carbonyl (C=O) groups excluding carboxylic acids is 8. The maximum atomic E-state index is 13.7. The van der Waals surface area contributed by atoms with E-state index in [1.807, 2.05) is 20.1 Å². The van der Waals surface area contributed by atoms with Gasteiger partial charge < -0.3 is 58.5 Å². The quantitative estimate of drug-likeness (QED) is 0.0388. The molecule has 0 fully saturated rings. The Kier molecular flexibility index (Phi) is 28.9. The van der Waals surface area contributed by atoms with Crippen LogP contribution >= 0.6 is 24.4 Å². The Morgan fingerprint density at radius 1 is 0.578 bits per heavy atom. The van der Waals surface area contributed by atoms with E-state index >= 15 is 0 Å². The Morgan fingerprint density at radius 2 is 1.02 bits per heavy atom. The Bertz CT molecular complexity index is 1560. The number of aliphatic hydroxyl groups excluding tert-OH is 1. The van der Waals surface area contributed by atoms with Gasteiger partial charge in [-0.1, -0.05) is 82.1 Å². The second kappa shape index (κ2) is 30.9. The fourth-order valence-corrected chi connectivity index (χ4v) is 6.93. The average molecular weight is 948 g/mol. The summed E-state index contributed by atoms with van der Waals surface area (Å²) in [4.78, 5) is 118. The minimum atomic E-state index is -1.54. The van der Waals surface area contributed by atoms with E-state index in [0.29, 0.717) is 25.0 Å². The number of hydrogen-bond acceptors (Lipinski definition) is 13. The van der Waals surface area contributed by atoms with Crippen molar-refractivity contribution in [3.05, 3.63) is 0 Å². The van der Waals surface area contributed by atoms with E-state index in [1.165, 1.54) is 11.8 Å². The summed E-state index contributed by atoms with van der Waals surface area (Å²) in [5.74, 6) is -8.17. The molecule has 0 bridgehead atoms. The number of amides is 8. The van der Waals surface area contributed by atoms with E-state index in [1.54, 1.807) is 55.4 Å². The van der Waals surface area contributed by atoms with Crippen LogP contribution in [0.25, 0.3) is 0 Å². The summed E-state index contributed by atoms with van der Waals surface area (Å²) >= 11 is 5.77. The summed E-state index contributed by atoms with van der Waals surface area (Å²) in [6, 6.07) is -9.42. The number of aliphatic hydroxyl groups is 1. The number of carboxylic acids is 1. The first kappa shape index (κ1) is 59.9. The van der Waals surface area contributed by atoms with Gasteiger partial charge in [-0.2, -0.15) is 24.4 Å². The van der Waals surface area contributed by atoms with Crippen LogP contribution in [-0.4, -0.2) is 143 Å². The van der Waals surface area contributed by atoms with Crippen molar-refractivity contribution in [2.45, 2.75) is 150 Å². The predicted molar refractivity (Wildman–Crippen MR) is 249 cm³/mol. The second-order valence-electron chi connectivity index (χ2n) is 17.3. The molecule has 64 heavy (non-hydrogen) atoms. The summed E-state index contributed by atoms with van der Waals surface area (Å²) < 4.78 is 0. The van der Waals surface area contributed by atoms with Crippen molar-refractivity contribution in [1.29, 1.82) is 0 Å². The van der Waals surface area contributed by atoms with Gasteiger partial charge in [0, 0.05) is 5.75 Å². The van der Waals surface area contributed by atoms with Crippen LogP contribution in [0.15, 0.2) is 0 Å². The molecule has 0 spiro atoms. The Balaban J connectivity index is 5.89. The third-order valence-corrected chi connectivity index (χ3v) is 11.5. The van der Waals surface area contributed by atoms with Crippen LogP contribution in [0, 0.1) is 29.6 Å². The molecule has 0 aromatic rings. The number of aliphatic carboxylic acids is 1. The Labute approximate surface area is 388 Å². The van der Waals surface area contributed by atoms with Gasteiger partial charge in [-0.05, 0) is 60.9 Å². The van der Waals surface area contributed by atoms with Gasteiger partial charge in [0.2, 0.25) is 47.3 Å². The lowest BCUT2D eigenvalue weighted by molar-refractivity contribution is -0.144. The molecule has 22 heteroatoms. The Morgan fingerprint density at radius 3 is 1.47 bits per heavy atom. The molecule has 0 aromatic carbocycles. The van der Waals surface area contributed by atoms with Crippen molar-refractivity contribution >= 4 is 77.6 Å². The highest BCUT2D eigenvalue weighted by Gasteiger charge is 2.35. The predicted octanol–water partition coefficient (Wildman–Crippen LogP) is -0.576. The van der Waals surface area contributed by atoms with Crippen LogP contribution in [0.3, 0.4) is 0 Å². The highest BCUT2D eigenvalue weighted by molar-refractivity contribution is 7.98. The summed E-state index contributed by atoms with van der Waals surface area (Å²) in [6.07, 6.45) is 3.52. The molecule has 12 N–H and O–H groups in total. The fourth-order valence-electron chi connectivity index (χ4n) is 6.18. The van der Waals surface area contributed by atoms with Crippen molar-refractivity contribution < 1.29 is 53.4 Å². The van der Waals surface area contributed by atoms with E-state index in [9.17, 15) is 53.4 Å². The standard InChI is InChI=1S/C42H77N9O11S2/c1-12-24(9)33(49-31(53)18-44-40(59)32(23(7)8)50-37(56)28(17-22(5)6)45-35(54)26(43)14-15-64-11)41(60)48-30(20-63)39(58)46-27(16-21(3)4)36(55)47-29(19-52)38(57)51-34(42(61)62)25(10)13-2/h21-30,32-34,52,63H,12-20,43H2,1-11H3,(H,44,59)(H,45,54)(H,46,58)(H,47,55)(H,48,60)(H,49,53)(H,50,56)(H,51,57)(H,61,62)/t24-,25-,26-,27-,28-,29-,30-,32-,33-,34-/m0/s1. The summed E-state index contributed by atoms with van der Waals surface area (Å²) in [6.45, 7) is 16.1. The number of carboxylic acid groups (broad SMARTS) is 1. The number of hydrogen-bond donors (Lipinski definition) is 12. The SMILES string of the molecule is CC[C@H](C)[C@H](NC(=O)[C@H](CO)NC(=O)[C@H](CC(C)C)NC(=O)[C@H](CS)NC(=O)[C@@H](NC(=O)CNC(=O)[C@@H](NC(=O)[C@H](CC(C)C)NC(=O)[C@@H](N)CCSC)C(C)C)[C@@H](C)CC)C(=O)O. The molecule has 0 saturated carbocycles. The van der Waals surface area contributed by atoms with Gasteiger partial charge in [-0.3, -0.25) is 38.4 Å². The van der Waals surface area contributed by atoms with Crippen molar-refractivity contribution in [1.82, 2.24) is 42.5 Å². The molecular formula is C42H77N9O11S2. The topological polar surface area (TPSA) is 316 Å². The third kappa shape index (κ3) is 21.7. The van der Waals surface area contributed by atoms with Crippen molar-refractivity contribution in [3.8, 4) is 0 Å². The average Bonchev–Trinajstić information content (AvgIpc) is 3.23. The first-order valence-electron chi connectivity index (χ1n) is 22.0. The molecule has 368 valence electrons. The summed E-state index contributed by atoms with van der Waals surface area (Å²) in [5.41, 5.74) is 6.02. The molecule has 0 aliphatic carbocycles. The lowest BCUT2D eigenvalue weighted by atomic mass is 9.97. The zero-order valence-electron chi connectivity index (χ0n) is 39.4. The largest absolute Gasteiger partial charge is 0.480 e. The molecule has 0 heterocycles. The lowest BCUT2D eigenvalue weighted by Crippen LogP contribution is -2.61. The highest BCUT2D eigenvalue weighted by Crippen LogP contribution is 2.13. The van der Waals surface area contributed by atoms with Gasteiger partial charge in [0.05, 0.1) is 19.2 Å². The van der Waals surface area contributed by atoms with Crippen LogP contribution in [-0.2, 0) is 43.2 Å². The van der Waals surface area contributed by atoms with Crippen LogP contribution < -0.4 is 48.3 Å². The van der Waals surface area contributed by atoms with Gasteiger partial charge in [0.15, 0.2) is 0 Å². The molecule has 10 atom stereocenters. The first-order chi connectivity index (χ1) is 29.9. The minimum absolute atomic E-state index is 0.0126. The zero-order chi connectivity index (χ0) is 49.4. The Hall–Kier alpha value is -4.15. The number of thioether (sulfide) groups is 1. The van der Waals surface area contributed by atoms with E-state index in [0.717, 1.165) is 0 Å². The number of rotatable bonds is 31. The van der Waals surface area contributed by atoms with Crippen LogP contribution in [0.5, 0.6) is 0 Å². The molecule has 0 aliphatic heterocycles. The molecular weight excluding hydrogens is 871 g/mol. The van der Waals surface area contributed by atoms with Crippen molar-refractivity contribution in [3.63, 3.8) is 0 Å². The minimum Gasteiger partial charge on any atom is -0.480 e. The van der Waals surface area contributed by atoms with Gasteiger partial charge >= 0.3 is 5.97 Å². The second-order valence-corrected chi connectivity index (χ2v) is 18.7. The van der Waals surface area contributed by atoms with Crippen molar-refractivity contribution in [2.75, 3.05) is 30.9 Å². The van der Waals surface area contributed by atoms with Crippen molar-refractivity contribution in [2.24, 2.45) is 35.3 Å². The van der Waals surface area contributed by atoms with Gasteiger partial charge in [0.1, 0.15) is 42.3 Å². The number of thiol groups is 1. The number of carbonyl (C=O) groups is 9. The fraction of sp³-hybridized carbons (Fsp3) is 0.786. The number of nitrogens with one attached hydrogen (secondary N) is 8. The van der Waals surface area contributed by atoms with Crippen LogP contribution in [0.1, 0.15) is 101 Å². The van der Waals surface area contributed by atoms with E-state index in [4.69, 9.17) is 5.73 Å². The summed E-state index contributed by atoms with van der Waals surface area (Å²) in [5, 5.41) is 39.9. The molecule has 0 unspecified atom stereocenters. The zero-order valence-corrected chi connectivity index (χ0v) is 41.1. The molecule has 0 aromatic heterocycles. The maximum Gasteiger partial charge on any atom is 0.326 e. The molecule has 8 amide bonds. The molecule has 0 aliphatic rings. The normalized spacial score (nSPS) is 16.1. The first-order valence-corrected chi connectivity index (χ1v) is 24.0. The van der Waals surface area contributed by atoms with Gasteiger partial charge in [-0.15, -0.1) is 0 Å². The van der Waals surface area contributed by atoms with E-state index in [2.05, 4.69) is 55.2 Å². The highest BCUT2D eigenvalue weighted by atomic mass is 32.2. The number of nitrogens with two attached hydrogens (primary N) is 1. The smallest absolute Gasteiger partial charge is 0.326 e. The monoisotopic (exact) mass is 948 g/mol. The van der Waals surface area contributed by atoms with Crippen LogP contribution in [0.2, 0.25) is 0 Å².